The van der Waals surface area contributed by atoms with Gasteiger partial charge in [-0.15, -0.1) is 0 Å². The van der Waals surface area contributed by atoms with Gasteiger partial charge in [-0.1, -0.05) is 50.9 Å². The predicted octanol–water partition coefficient (Wildman–Crippen LogP) is 6.67. The summed E-state index contributed by atoms with van der Waals surface area (Å²) in [6.45, 7) is 1.57. The summed E-state index contributed by atoms with van der Waals surface area (Å²) in [6.07, 6.45) is 4.33. The van der Waals surface area contributed by atoms with E-state index in [1.807, 2.05) is 24.3 Å². The van der Waals surface area contributed by atoms with E-state index in [4.69, 9.17) is 21.9 Å². The Hall–Kier alpha value is -2.53. The lowest BCUT2D eigenvalue weighted by Gasteiger charge is -2.07. The largest absolute Gasteiger partial charge is 0.495 e. The van der Waals surface area contributed by atoms with E-state index in [0.29, 0.717) is 34.0 Å². The van der Waals surface area contributed by atoms with Gasteiger partial charge in [-0.3, -0.25) is 4.79 Å². The number of methoxy groups -OCH3 is 1. The van der Waals surface area contributed by atoms with Crippen LogP contribution in [0.3, 0.4) is 0 Å². The molecule has 136 valence electrons. The van der Waals surface area contributed by atoms with E-state index in [1.165, 1.54) is 7.11 Å². The fourth-order valence-corrected chi connectivity index (χ4v) is 3.81. The summed E-state index contributed by atoms with van der Waals surface area (Å²) in [5, 5.41) is 4.12. The van der Waals surface area contributed by atoms with E-state index in [-0.39, 0.29) is 5.78 Å². The summed E-state index contributed by atoms with van der Waals surface area (Å²) in [5.41, 5.74) is 13.5. The summed E-state index contributed by atoms with van der Waals surface area (Å²) in [7, 11) is 1.49. The third-order valence-corrected chi connectivity index (χ3v) is 5.10. The maximum Gasteiger partial charge on any atom is 0.160 e. The molecule has 0 N–H and O–H groups in total. The van der Waals surface area contributed by atoms with Gasteiger partial charge in [0.2, 0.25) is 0 Å². The molecule has 5 nitrogen and oxygen atoms in total. The van der Waals surface area contributed by atoms with Gasteiger partial charge in [0.15, 0.2) is 5.78 Å². The Kier molecular flexibility index (Phi) is 5.71. The zero-order valence-corrected chi connectivity index (χ0v) is 17.0. The summed E-state index contributed by atoms with van der Waals surface area (Å²) in [6, 6.07) is 9.16. The van der Waals surface area contributed by atoms with Crippen molar-refractivity contribution >= 4 is 50.7 Å². The Labute approximate surface area is 170 Å². The number of fused-ring (bicyclic) bond motifs is 1. The molecule has 0 heterocycles. The zero-order valence-electron chi connectivity index (χ0n) is 14.7. The van der Waals surface area contributed by atoms with Crippen LogP contribution in [-0.2, 0) is 11.2 Å². The van der Waals surface area contributed by atoms with Crippen molar-refractivity contribution in [2.24, 2.45) is 5.11 Å². The molecule has 0 saturated heterocycles. The summed E-state index contributed by atoms with van der Waals surface area (Å²) >= 11 is 9.67. The highest BCUT2D eigenvalue weighted by Crippen LogP contribution is 2.37. The summed E-state index contributed by atoms with van der Waals surface area (Å²) in [4.78, 5) is 15.1. The van der Waals surface area contributed by atoms with Gasteiger partial charge in [0.1, 0.15) is 5.75 Å². The number of allylic oxidation sites excluding steroid dienone is 3. The molecule has 0 fully saturated rings. The SMILES string of the molecule is COc1cc(N=[N+]=[N-])c(/C=C/C2=C(C(C)=O)c3ccc(Br)cc3C2)cc1Cl. The molecule has 0 aliphatic heterocycles. The van der Waals surface area contributed by atoms with Crippen LogP contribution in [0.2, 0.25) is 5.02 Å². The standard InChI is InChI=1S/C20H15BrClN3O2/c1-11(26)20-13(7-14-8-15(21)5-6-16(14)20)4-3-12-9-17(22)19(27-2)10-18(12)24-25-23/h3-6,8-10H,7H2,1-2H3/b4-3+. The lowest BCUT2D eigenvalue weighted by atomic mass is 10.0. The van der Waals surface area contributed by atoms with Crippen LogP contribution in [0.1, 0.15) is 23.6 Å². The number of halogens is 2. The van der Waals surface area contributed by atoms with Crippen LogP contribution in [-0.4, -0.2) is 12.9 Å². The third kappa shape index (κ3) is 3.93. The third-order valence-electron chi connectivity index (χ3n) is 4.31. The number of hydrogen-bond acceptors (Lipinski definition) is 3. The van der Waals surface area contributed by atoms with Gasteiger partial charge in [-0.25, -0.2) is 0 Å². The van der Waals surface area contributed by atoms with Crippen LogP contribution in [0.5, 0.6) is 5.75 Å². The molecular weight excluding hydrogens is 430 g/mol. The Morgan fingerprint density at radius 3 is 2.78 bits per heavy atom. The summed E-state index contributed by atoms with van der Waals surface area (Å²) in [5.74, 6) is 0.441. The average Bonchev–Trinajstić information content (AvgIpc) is 2.99. The van der Waals surface area contributed by atoms with E-state index < -0.39 is 0 Å². The second-order valence-corrected chi connectivity index (χ2v) is 7.33. The molecule has 0 atom stereocenters. The average molecular weight is 445 g/mol. The number of ether oxygens (including phenoxy) is 1. The highest BCUT2D eigenvalue weighted by Gasteiger charge is 2.23. The molecule has 0 radical (unpaired) electrons. The minimum Gasteiger partial charge on any atom is -0.495 e. The lowest BCUT2D eigenvalue weighted by molar-refractivity contribution is -0.111. The van der Waals surface area contributed by atoms with Crippen LogP contribution in [0, 0.1) is 0 Å². The minimum atomic E-state index is 0.0127. The normalized spacial score (nSPS) is 12.9. The molecule has 0 bridgehead atoms. The van der Waals surface area contributed by atoms with E-state index in [1.54, 1.807) is 25.1 Å². The maximum absolute atomic E-state index is 12.2. The maximum atomic E-state index is 12.2. The Morgan fingerprint density at radius 1 is 1.33 bits per heavy atom. The van der Waals surface area contributed by atoms with Gasteiger partial charge in [-0.2, -0.15) is 0 Å². The second-order valence-electron chi connectivity index (χ2n) is 6.00. The highest BCUT2D eigenvalue weighted by molar-refractivity contribution is 9.10. The van der Waals surface area contributed by atoms with Gasteiger partial charge in [0.05, 0.1) is 12.1 Å². The van der Waals surface area contributed by atoms with E-state index >= 15 is 0 Å². The molecular formula is C20H15BrClN3O2. The van der Waals surface area contributed by atoms with Gasteiger partial charge in [0.25, 0.3) is 0 Å². The van der Waals surface area contributed by atoms with Gasteiger partial charge in [-0.05, 0) is 65.4 Å². The molecule has 0 spiro atoms. The zero-order chi connectivity index (χ0) is 19.6. The lowest BCUT2D eigenvalue weighted by Crippen LogP contribution is -1.95. The number of hydrogen-bond donors (Lipinski definition) is 0. The second kappa shape index (κ2) is 8.01. The van der Waals surface area contributed by atoms with Crippen molar-refractivity contribution in [1.82, 2.24) is 0 Å². The van der Waals surface area contributed by atoms with Crippen molar-refractivity contribution in [1.29, 1.82) is 0 Å². The summed E-state index contributed by atoms with van der Waals surface area (Å²) < 4.78 is 6.14. The fraction of sp³-hybridized carbons (Fsp3) is 0.150. The van der Waals surface area contributed by atoms with Gasteiger partial charge >= 0.3 is 0 Å². The van der Waals surface area contributed by atoms with Crippen molar-refractivity contribution in [3.63, 3.8) is 0 Å². The van der Waals surface area contributed by atoms with Crippen molar-refractivity contribution in [2.75, 3.05) is 7.11 Å². The topological polar surface area (TPSA) is 75.1 Å². The Balaban J connectivity index is 2.05. The van der Waals surface area contributed by atoms with Crippen LogP contribution in [0.25, 0.3) is 22.1 Å². The molecule has 1 aliphatic carbocycles. The van der Waals surface area contributed by atoms with E-state index in [2.05, 4.69) is 26.0 Å². The molecule has 0 saturated carbocycles. The highest BCUT2D eigenvalue weighted by atomic mass is 79.9. The number of nitrogens with zero attached hydrogens (tertiary/aromatic N) is 3. The first-order valence-corrected chi connectivity index (χ1v) is 9.25. The molecule has 0 aromatic heterocycles. The predicted molar refractivity (Wildman–Crippen MR) is 111 cm³/mol. The first-order valence-electron chi connectivity index (χ1n) is 8.08. The van der Waals surface area contributed by atoms with Crippen LogP contribution < -0.4 is 4.74 Å². The number of rotatable bonds is 5. The van der Waals surface area contributed by atoms with Crippen LogP contribution >= 0.6 is 27.5 Å². The number of Topliss-reactive ketones (excluding diaryl/α,β-unsaturated/α-hetero) is 1. The first kappa shape index (κ1) is 19.2. The van der Waals surface area contributed by atoms with Crippen molar-refractivity contribution in [3.8, 4) is 5.75 Å². The number of carbonyl (C=O) groups excluding carboxylic acids is 1. The molecule has 2 aromatic rings. The number of azide groups is 1. The smallest absolute Gasteiger partial charge is 0.160 e. The number of benzene rings is 2. The molecule has 7 heteroatoms. The van der Waals surface area contributed by atoms with Gasteiger partial charge < -0.3 is 4.74 Å². The monoisotopic (exact) mass is 443 g/mol. The minimum absolute atomic E-state index is 0.0127. The Bertz CT molecular complexity index is 1050. The van der Waals surface area contributed by atoms with Crippen molar-refractivity contribution in [3.05, 3.63) is 78.6 Å². The molecule has 0 unspecified atom stereocenters. The molecule has 27 heavy (non-hydrogen) atoms. The quantitative estimate of drug-likeness (QED) is 0.293. The molecule has 0 amide bonds. The fourth-order valence-electron chi connectivity index (χ4n) is 3.15. The molecule has 3 rings (SSSR count). The van der Waals surface area contributed by atoms with E-state index in [0.717, 1.165) is 21.2 Å². The Morgan fingerprint density at radius 2 is 2.11 bits per heavy atom. The van der Waals surface area contributed by atoms with Crippen LogP contribution in [0.15, 0.2) is 51.6 Å². The van der Waals surface area contributed by atoms with Crippen molar-refractivity contribution < 1.29 is 9.53 Å². The number of ketones is 1. The first-order chi connectivity index (χ1) is 12.9. The van der Waals surface area contributed by atoms with Crippen molar-refractivity contribution in [2.45, 2.75) is 13.3 Å². The molecule has 2 aromatic carbocycles. The van der Waals surface area contributed by atoms with Crippen LogP contribution in [0.4, 0.5) is 5.69 Å². The molecule has 1 aliphatic rings. The number of carbonyl (C=O) groups is 1. The van der Waals surface area contributed by atoms with E-state index in [9.17, 15) is 4.79 Å². The van der Waals surface area contributed by atoms with Gasteiger partial charge in [0, 0.05) is 20.6 Å².